The third-order valence-corrected chi connectivity index (χ3v) is 8.78. The van der Waals surface area contributed by atoms with E-state index in [-0.39, 0.29) is 10.8 Å². The number of nitrogens with zero attached hydrogens (tertiary/aromatic N) is 1. The SMILES string of the molecule is Cc1ccc(NC(=O)c2cc3c(s2)CCCCC3)cc1S(=O)(=O)N1CCOCC1. The van der Waals surface area contributed by atoms with Crippen molar-refractivity contribution in [1.29, 1.82) is 0 Å². The van der Waals surface area contributed by atoms with Crippen molar-refractivity contribution in [1.82, 2.24) is 4.31 Å². The zero-order valence-electron chi connectivity index (χ0n) is 16.6. The van der Waals surface area contributed by atoms with Crippen LogP contribution in [-0.2, 0) is 27.6 Å². The molecule has 2 aromatic rings. The van der Waals surface area contributed by atoms with Crippen LogP contribution in [0.1, 0.15) is 44.9 Å². The summed E-state index contributed by atoms with van der Waals surface area (Å²) >= 11 is 1.56. The number of hydrogen-bond donors (Lipinski definition) is 1. The monoisotopic (exact) mass is 434 g/mol. The Morgan fingerprint density at radius 3 is 2.66 bits per heavy atom. The molecule has 156 valence electrons. The molecule has 0 saturated carbocycles. The second-order valence-electron chi connectivity index (χ2n) is 7.57. The number of carbonyl (C=O) groups is 1. The predicted octanol–water partition coefficient (Wildman–Crippen LogP) is 3.60. The van der Waals surface area contributed by atoms with Gasteiger partial charge >= 0.3 is 0 Å². The van der Waals surface area contributed by atoms with Crippen molar-refractivity contribution in [2.75, 3.05) is 31.6 Å². The van der Waals surface area contributed by atoms with Gasteiger partial charge < -0.3 is 10.1 Å². The number of carbonyl (C=O) groups excluding carboxylic acids is 1. The minimum Gasteiger partial charge on any atom is -0.379 e. The molecule has 4 rings (SSSR count). The fourth-order valence-electron chi connectivity index (χ4n) is 3.85. The molecule has 1 aromatic carbocycles. The predicted molar refractivity (Wildman–Crippen MR) is 114 cm³/mol. The summed E-state index contributed by atoms with van der Waals surface area (Å²) < 4.78 is 32.8. The first-order valence-corrected chi connectivity index (χ1v) is 12.3. The van der Waals surface area contributed by atoms with Crippen molar-refractivity contribution in [3.8, 4) is 0 Å². The van der Waals surface area contributed by atoms with Crippen LogP contribution < -0.4 is 5.32 Å². The number of thiophene rings is 1. The Morgan fingerprint density at radius 2 is 1.86 bits per heavy atom. The van der Waals surface area contributed by atoms with Crippen molar-refractivity contribution < 1.29 is 17.9 Å². The molecule has 29 heavy (non-hydrogen) atoms. The topological polar surface area (TPSA) is 75.7 Å². The van der Waals surface area contributed by atoms with Crippen LogP contribution in [0.3, 0.4) is 0 Å². The maximum Gasteiger partial charge on any atom is 0.265 e. The summed E-state index contributed by atoms with van der Waals surface area (Å²) in [6.45, 7) is 3.27. The summed E-state index contributed by atoms with van der Waals surface area (Å²) in [4.78, 5) is 15.0. The number of nitrogens with one attached hydrogen (secondary N) is 1. The zero-order chi connectivity index (χ0) is 20.4. The lowest BCUT2D eigenvalue weighted by molar-refractivity contribution is 0.0730. The zero-order valence-corrected chi connectivity index (χ0v) is 18.2. The van der Waals surface area contributed by atoms with Gasteiger partial charge in [0.15, 0.2) is 0 Å². The average molecular weight is 435 g/mol. The van der Waals surface area contributed by atoms with Crippen LogP contribution in [-0.4, -0.2) is 44.9 Å². The average Bonchev–Trinajstić information content (AvgIpc) is 3.00. The first-order valence-electron chi connectivity index (χ1n) is 10.1. The van der Waals surface area contributed by atoms with E-state index in [1.165, 1.54) is 34.0 Å². The highest BCUT2D eigenvalue weighted by Crippen LogP contribution is 2.30. The Balaban J connectivity index is 1.55. The number of amides is 1. The Morgan fingerprint density at radius 1 is 1.10 bits per heavy atom. The molecule has 0 radical (unpaired) electrons. The molecular weight excluding hydrogens is 408 g/mol. The molecule has 0 bridgehead atoms. The lowest BCUT2D eigenvalue weighted by atomic mass is 10.1. The van der Waals surface area contributed by atoms with Crippen LogP contribution >= 0.6 is 11.3 Å². The summed E-state index contributed by atoms with van der Waals surface area (Å²) in [5, 5.41) is 2.89. The smallest absolute Gasteiger partial charge is 0.265 e. The highest BCUT2D eigenvalue weighted by Gasteiger charge is 2.28. The Hall–Kier alpha value is -1.74. The number of hydrogen-bond acceptors (Lipinski definition) is 5. The lowest BCUT2D eigenvalue weighted by Gasteiger charge is -2.26. The maximum absolute atomic E-state index is 13.0. The summed E-state index contributed by atoms with van der Waals surface area (Å²) in [6, 6.07) is 7.06. The van der Waals surface area contributed by atoms with Gasteiger partial charge in [-0.3, -0.25) is 4.79 Å². The molecule has 0 atom stereocenters. The summed E-state index contributed by atoms with van der Waals surface area (Å²) in [7, 11) is -3.62. The minimum atomic E-state index is -3.62. The minimum absolute atomic E-state index is 0.179. The molecular formula is C21H26N2O4S2. The van der Waals surface area contributed by atoms with Gasteiger partial charge in [0, 0.05) is 23.7 Å². The van der Waals surface area contributed by atoms with Gasteiger partial charge in [-0.05, 0) is 61.9 Å². The molecule has 2 aliphatic rings. The van der Waals surface area contributed by atoms with Gasteiger partial charge in [0.25, 0.3) is 5.91 Å². The molecule has 6 nitrogen and oxygen atoms in total. The van der Waals surface area contributed by atoms with Crippen LogP contribution in [0.4, 0.5) is 5.69 Å². The fraction of sp³-hybridized carbons (Fsp3) is 0.476. The lowest BCUT2D eigenvalue weighted by Crippen LogP contribution is -2.40. The van der Waals surface area contributed by atoms with Crippen molar-refractivity contribution in [2.45, 2.75) is 43.9 Å². The standard InChI is InChI=1S/C21H26N2O4S2/c1-15-7-8-17(14-20(15)29(25,26)23-9-11-27-12-10-23)22-21(24)19-13-16-5-3-2-4-6-18(16)28-19/h7-8,13-14H,2-6,9-12H2,1H3,(H,22,24). The Bertz CT molecular complexity index is 984. The van der Waals surface area contributed by atoms with Crippen molar-refractivity contribution in [2.24, 2.45) is 0 Å². The number of fused-ring (bicyclic) bond motifs is 1. The van der Waals surface area contributed by atoms with Gasteiger partial charge in [-0.2, -0.15) is 4.31 Å². The van der Waals surface area contributed by atoms with E-state index in [9.17, 15) is 13.2 Å². The highest BCUT2D eigenvalue weighted by atomic mass is 32.2. The molecule has 1 fully saturated rings. The van der Waals surface area contributed by atoms with Crippen molar-refractivity contribution in [3.05, 3.63) is 45.1 Å². The molecule has 0 spiro atoms. The summed E-state index contributed by atoms with van der Waals surface area (Å²) in [5.74, 6) is -0.179. The summed E-state index contributed by atoms with van der Waals surface area (Å²) in [6.07, 6.45) is 5.67. The second kappa shape index (κ2) is 8.55. The molecule has 1 aromatic heterocycles. The van der Waals surface area contributed by atoms with Gasteiger partial charge in [0.05, 0.1) is 23.0 Å². The number of rotatable bonds is 4. The van der Waals surface area contributed by atoms with E-state index >= 15 is 0 Å². The van der Waals surface area contributed by atoms with Crippen LogP contribution in [0.25, 0.3) is 0 Å². The van der Waals surface area contributed by atoms with Crippen molar-refractivity contribution in [3.63, 3.8) is 0 Å². The van der Waals surface area contributed by atoms with E-state index in [4.69, 9.17) is 4.74 Å². The van der Waals surface area contributed by atoms with E-state index in [1.54, 1.807) is 36.5 Å². The van der Waals surface area contributed by atoms with E-state index < -0.39 is 10.0 Å². The number of benzene rings is 1. The van der Waals surface area contributed by atoms with Gasteiger partial charge in [-0.1, -0.05) is 12.5 Å². The van der Waals surface area contributed by atoms with Crippen LogP contribution in [0, 0.1) is 6.92 Å². The molecule has 1 aliphatic carbocycles. The van der Waals surface area contributed by atoms with Crippen molar-refractivity contribution >= 4 is 33.0 Å². The molecule has 8 heteroatoms. The molecule has 0 unspecified atom stereocenters. The van der Waals surface area contributed by atoms with Gasteiger partial charge in [0.2, 0.25) is 10.0 Å². The summed E-state index contributed by atoms with van der Waals surface area (Å²) in [5.41, 5.74) is 2.45. The first-order chi connectivity index (χ1) is 13.9. The van der Waals surface area contributed by atoms with E-state index in [0.29, 0.717) is 42.4 Å². The van der Waals surface area contributed by atoms with Gasteiger partial charge in [-0.25, -0.2) is 8.42 Å². The maximum atomic E-state index is 13.0. The Kier molecular flexibility index (Phi) is 6.06. The second-order valence-corrected chi connectivity index (χ2v) is 10.6. The highest BCUT2D eigenvalue weighted by molar-refractivity contribution is 7.89. The van der Waals surface area contributed by atoms with E-state index in [1.807, 2.05) is 6.07 Å². The number of morpholine rings is 1. The molecule has 1 N–H and O–H groups in total. The van der Waals surface area contributed by atoms with Gasteiger partial charge in [-0.15, -0.1) is 11.3 Å². The largest absolute Gasteiger partial charge is 0.379 e. The number of sulfonamides is 1. The quantitative estimate of drug-likeness (QED) is 0.746. The molecule has 1 amide bonds. The third kappa shape index (κ3) is 4.40. The van der Waals surface area contributed by atoms with Gasteiger partial charge in [0.1, 0.15) is 0 Å². The van der Waals surface area contributed by atoms with E-state index in [0.717, 1.165) is 12.8 Å². The number of aryl methyl sites for hydroxylation is 3. The third-order valence-electron chi connectivity index (χ3n) is 5.50. The fourth-order valence-corrected chi connectivity index (χ4v) is 6.66. The van der Waals surface area contributed by atoms with Crippen LogP contribution in [0.15, 0.2) is 29.2 Å². The first kappa shape index (κ1) is 20.5. The van der Waals surface area contributed by atoms with Crippen LogP contribution in [0.5, 0.6) is 0 Å². The number of ether oxygens (including phenoxy) is 1. The molecule has 1 saturated heterocycles. The normalized spacial score (nSPS) is 18.1. The molecule has 1 aliphatic heterocycles. The number of anilines is 1. The molecule has 2 heterocycles. The van der Waals surface area contributed by atoms with Crippen LogP contribution in [0.2, 0.25) is 0 Å². The van der Waals surface area contributed by atoms with E-state index in [2.05, 4.69) is 5.32 Å². The Labute approximate surface area is 175 Å².